The summed E-state index contributed by atoms with van der Waals surface area (Å²) in [6.45, 7) is 3.16. The lowest BCUT2D eigenvalue weighted by Gasteiger charge is -2.15. The van der Waals surface area contributed by atoms with Gasteiger partial charge in [-0.3, -0.25) is 0 Å². The van der Waals surface area contributed by atoms with E-state index < -0.39 is 5.97 Å². The van der Waals surface area contributed by atoms with Gasteiger partial charge < -0.3 is 14.6 Å². The number of hydrogen-bond donors (Lipinski definition) is 1. The first kappa shape index (κ1) is 18.7. The van der Waals surface area contributed by atoms with Gasteiger partial charge >= 0.3 is 5.97 Å². The average Bonchev–Trinajstić information content (AvgIpc) is 2.43. The van der Waals surface area contributed by atoms with Crippen molar-refractivity contribution in [2.24, 2.45) is 11.0 Å². The second kappa shape index (κ2) is 14.1. The molecule has 0 heterocycles. The van der Waals surface area contributed by atoms with E-state index in [9.17, 15) is 4.79 Å². The molecule has 0 unspecified atom stereocenters. The Morgan fingerprint density at radius 1 is 1.25 bits per heavy atom. The van der Waals surface area contributed by atoms with Crippen LogP contribution in [-0.4, -0.2) is 44.0 Å². The Labute approximate surface area is 119 Å². The minimum Gasteiger partial charge on any atom is -0.480 e. The van der Waals surface area contributed by atoms with Gasteiger partial charge in [0.15, 0.2) is 0 Å². The summed E-state index contributed by atoms with van der Waals surface area (Å²) in [4.78, 5) is 12.5. The van der Waals surface area contributed by atoms with Crippen LogP contribution < -0.4 is 0 Å². The molecule has 0 aromatic heterocycles. The quantitative estimate of drug-likeness (QED) is 0.320. The van der Waals surface area contributed by atoms with Crippen LogP contribution >= 0.6 is 0 Å². The van der Waals surface area contributed by atoms with Crippen LogP contribution in [0.4, 0.5) is 0 Å². The molecule has 20 heavy (non-hydrogen) atoms. The lowest BCUT2D eigenvalue weighted by Crippen LogP contribution is -2.12. The minimum absolute atomic E-state index is 0.225. The Bertz CT molecular complexity index is 281. The summed E-state index contributed by atoms with van der Waals surface area (Å²) in [5.74, 6) is 0.0304. The Hall–Kier alpha value is -1.30. The van der Waals surface area contributed by atoms with Crippen molar-refractivity contribution in [2.45, 2.75) is 39.0 Å². The van der Waals surface area contributed by atoms with E-state index in [4.69, 9.17) is 15.4 Å². The number of aliphatic carboxylic acids is 1. The molecule has 0 atom stereocenters. The largest absolute Gasteiger partial charge is 0.480 e. The van der Waals surface area contributed by atoms with Crippen LogP contribution in [0.25, 0.3) is 10.4 Å². The molecule has 1 fully saturated rings. The van der Waals surface area contributed by atoms with Gasteiger partial charge in [0.25, 0.3) is 0 Å². The standard InChI is InChI=1S/C7H14.C6H11N3O4/c1-7-5-3-2-4-6-7;7-9-8-1-2-12-3-4-13-5-6(10)11/h7H,2-6H2,1H3;1-5H2,(H,10,11). The molecule has 1 N–H and O–H groups in total. The van der Waals surface area contributed by atoms with E-state index in [-0.39, 0.29) is 19.8 Å². The lowest BCUT2D eigenvalue weighted by atomic mass is 9.91. The van der Waals surface area contributed by atoms with Crippen molar-refractivity contribution >= 4 is 5.97 Å². The van der Waals surface area contributed by atoms with Crippen LogP contribution in [0.5, 0.6) is 0 Å². The van der Waals surface area contributed by atoms with Gasteiger partial charge in [0.05, 0.1) is 19.8 Å². The number of hydrogen-bond acceptors (Lipinski definition) is 4. The van der Waals surface area contributed by atoms with Gasteiger partial charge in [0.2, 0.25) is 0 Å². The first-order chi connectivity index (χ1) is 9.66. The molecule has 0 aliphatic heterocycles. The lowest BCUT2D eigenvalue weighted by molar-refractivity contribution is -0.142. The first-order valence-corrected chi connectivity index (χ1v) is 7.05. The van der Waals surface area contributed by atoms with E-state index in [1.165, 1.54) is 32.1 Å². The molecule has 1 saturated carbocycles. The zero-order chi connectivity index (χ0) is 15.1. The zero-order valence-electron chi connectivity index (χ0n) is 12.2. The van der Waals surface area contributed by atoms with Crippen molar-refractivity contribution in [2.75, 3.05) is 33.0 Å². The Balaban J connectivity index is 0.000000428. The highest BCUT2D eigenvalue weighted by atomic mass is 16.5. The van der Waals surface area contributed by atoms with Crippen LogP contribution in [-0.2, 0) is 14.3 Å². The first-order valence-electron chi connectivity index (χ1n) is 7.05. The summed E-state index contributed by atoms with van der Waals surface area (Å²) < 4.78 is 9.61. The molecule has 0 bridgehead atoms. The number of nitrogens with zero attached hydrogens (tertiary/aromatic N) is 3. The summed E-state index contributed by atoms with van der Waals surface area (Å²) in [7, 11) is 0. The molecule has 1 aliphatic carbocycles. The van der Waals surface area contributed by atoms with Gasteiger partial charge in [-0.2, -0.15) is 0 Å². The topological polar surface area (TPSA) is 105 Å². The summed E-state index contributed by atoms with van der Waals surface area (Å²) >= 11 is 0. The van der Waals surface area contributed by atoms with Gasteiger partial charge in [0, 0.05) is 11.5 Å². The molecular formula is C13H25N3O4. The van der Waals surface area contributed by atoms with Crippen LogP contribution in [0.1, 0.15) is 39.0 Å². The highest BCUT2D eigenvalue weighted by molar-refractivity contribution is 5.67. The smallest absolute Gasteiger partial charge is 0.329 e. The van der Waals surface area contributed by atoms with Crippen LogP contribution in [0.15, 0.2) is 5.11 Å². The minimum atomic E-state index is -1.01. The maximum absolute atomic E-state index is 9.95. The van der Waals surface area contributed by atoms with Gasteiger partial charge in [-0.1, -0.05) is 44.1 Å². The van der Waals surface area contributed by atoms with E-state index in [1.807, 2.05) is 0 Å². The number of azide groups is 1. The Kier molecular flexibility index (Phi) is 13.2. The third-order valence-electron chi connectivity index (χ3n) is 2.89. The van der Waals surface area contributed by atoms with E-state index >= 15 is 0 Å². The fourth-order valence-corrected chi connectivity index (χ4v) is 1.84. The van der Waals surface area contributed by atoms with Crippen LogP contribution in [0.3, 0.4) is 0 Å². The molecule has 0 radical (unpaired) electrons. The summed E-state index contributed by atoms with van der Waals surface area (Å²) in [5, 5.41) is 11.4. The molecule has 1 aliphatic rings. The fraction of sp³-hybridized carbons (Fsp3) is 0.923. The highest BCUT2D eigenvalue weighted by Crippen LogP contribution is 2.22. The normalized spacial score (nSPS) is 14.8. The van der Waals surface area contributed by atoms with Gasteiger partial charge in [-0.05, 0) is 11.4 Å². The predicted octanol–water partition coefficient (Wildman–Crippen LogP) is 3.00. The van der Waals surface area contributed by atoms with Gasteiger partial charge in [-0.15, -0.1) is 0 Å². The molecule has 0 saturated heterocycles. The van der Waals surface area contributed by atoms with Crippen molar-refractivity contribution in [3.8, 4) is 0 Å². The molecule has 1 rings (SSSR count). The maximum Gasteiger partial charge on any atom is 0.329 e. The van der Waals surface area contributed by atoms with E-state index in [0.29, 0.717) is 13.2 Å². The number of carboxylic acid groups (broad SMARTS) is 1. The van der Waals surface area contributed by atoms with Crippen molar-refractivity contribution in [1.29, 1.82) is 0 Å². The third kappa shape index (κ3) is 14.8. The van der Waals surface area contributed by atoms with E-state index in [0.717, 1.165) is 5.92 Å². The van der Waals surface area contributed by atoms with Crippen LogP contribution in [0, 0.1) is 5.92 Å². The summed E-state index contributed by atoms with van der Waals surface area (Å²) in [6, 6.07) is 0. The number of ether oxygens (including phenoxy) is 2. The summed E-state index contributed by atoms with van der Waals surface area (Å²) in [6.07, 6.45) is 7.44. The Morgan fingerprint density at radius 2 is 1.90 bits per heavy atom. The van der Waals surface area contributed by atoms with Crippen molar-refractivity contribution in [3.05, 3.63) is 10.4 Å². The van der Waals surface area contributed by atoms with E-state index in [1.54, 1.807) is 0 Å². The third-order valence-corrected chi connectivity index (χ3v) is 2.89. The number of carbonyl (C=O) groups is 1. The highest BCUT2D eigenvalue weighted by Gasteiger charge is 2.05. The van der Waals surface area contributed by atoms with Crippen molar-refractivity contribution < 1.29 is 19.4 Å². The molecule has 0 spiro atoms. The van der Waals surface area contributed by atoms with Crippen LogP contribution in [0.2, 0.25) is 0 Å². The van der Waals surface area contributed by atoms with Gasteiger partial charge in [0.1, 0.15) is 6.61 Å². The monoisotopic (exact) mass is 287 g/mol. The average molecular weight is 287 g/mol. The molecule has 7 heteroatoms. The number of rotatable bonds is 8. The predicted molar refractivity (Wildman–Crippen MR) is 75.5 cm³/mol. The Morgan fingerprint density at radius 3 is 2.40 bits per heavy atom. The molecule has 7 nitrogen and oxygen atoms in total. The molecule has 0 aromatic carbocycles. The number of carboxylic acids is 1. The summed E-state index contributed by atoms with van der Waals surface area (Å²) in [5.41, 5.74) is 7.88. The molecule has 0 aromatic rings. The molecule has 0 amide bonds. The maximum atomic E-state index is 9.95. The second-order valence-electron chi connectivity index (χ2n) is 4.76. The van der Waals surface area contributed by atoms with Crippen molar-refractivity contribution in [3.63, 3.8) is 0 Å². The van der Waals surface area contributed by atoms with Crippen molar-refractivity contribution in [1.82, 2.24) is 0 Å². The van der Waals surface area contributed by atoms with Gasteiger partial charge in [-0.25, -0.2) is 4.79 Å². The SMILES string of the molecule is CC1CCCCC1.[N-]=[N+]=NCCOCCOCC(=O)O. The van der Waals surface area contributed by atoms with E-state index in [2.05, 4.69) is 21.7 Å². The second-order valence-corrected chi connectivity index (χ2v) is 4.76. The fourth-order valence-electron chi connectivity index (χ4n) is 1.84. The zero-order valence-corrected chi connectivity index (χ0v) is 12.2. The molecular weight excluding hydrogens is 262 g/mol. The molecule has 116 valence electrons.